The Morgan fingerprint density at radius 2 is 2.25 bits per heavy atom. The highest BCUT2D eigenvalue weighted by molar-refractivity contribution is 7.98. The number of hydrogen-bond donors (Lipinski definition) is 0. The van der Waals surface area contributed by atoms with Crippen LogP contribution in [0.3, 0.4) is 0 Å². The molecule has 2 aromatic rings. The van der Waals surface area contributed by atoms with E-state index in [1.54, 1.807) is 4.80 Å². The van der Waals surface area contributed by atoms with E-state index in [2.05, 4.69) is 22.0 Å². The van der Waals surface area contributed by atoms with Crippen molar-refractivity contribution in [3.63, 3.8) is 0 Å². The molecule has 0 aliphatic rings. The maximum absolute atomic E-state index is 4.22. The Bertz CT molecular complexity index is 492. The summed E-state index contributed by atoms with van der Waals surface area (Å²) in [5, 5.41) is 12.8. The van der Waals surface area contributed by atoms with E-state index in [0.717, 1.165) is 11.1 Å². The van der Waals surface area contributed by atoms with E-state index in [9.17, 15) is 0 Å². The predicted molar refractivity (Wildman–Crippen MR) is 65.2 cm³/mol. The molecule has 0 unspecified atom stereocenters. The lowest BCUT2D eigenvalue weighted by Gasteiger charge is -2.03. The van der Waals surface area contributed by atoms with Crippen molar-refractivity contribution in [2.75, 3.05) is 6.26 Å². The Balaban J connectivity index is 2.22. The first-order valence-corrected chi connectivity index (χ1v) is 6.08. The normalized spacial score (nSPS) is 10.3. The highest BCUT2D eigenvalue weighted by atomic mass is 32.2. The summed E-state index contributed by atoms with van der Waals surface area (Å²) in [5.41, 5.74) is 2.24. The zero-order valence-corrected chi connectivity index (χ0v) is 9.81. The second kappa shape index (κ2) is 4.94. The van der Waals surface area contributed by atoms with Crippen LogP contribution >= 0.6 is 11.8 Å². The van der Waals surface area contributed by atoms with Crippen molar-refractivity contribution in [2.24, 2.45) is 0 Å². The minimum atomic E-state index is 0.621. The van der Waals surface area contributed by atoms with Gasteiger partial charge in [0, 0.05) is 0 Å². The topological polar surface area (TPSA) is 43.6 Å². The molecule has 0 radical (unpaired) electrons. The zero-order valence-electron chi connectivity index (χ0n) is 9.00. The fraction of sp³-hybridized carbons (Fsp3) is 0.182. The first-order chi connectivity index (χ1) is 7.83. The summed E-state index contributed by atoms with van der Waals surface area (Å²) in [5.74, 6) is 0. The van der Waals surface area contributed by atoms with Gasteiger partial charge in [0.15, 0.2) is 0 Å². The molecule has 5 heteroatoms. The molecule has 82 valence electrons. The van der Waals surface area contributed by atoms with Crippen LogP contribution in [0.4, 0.5) is 0 Å². The summed E-state index contributed by atoms with van der Waals surface area (Å²) in [7, 11) is 0. The standard InChI is InChI=1S/C11H12N4S/c1-3-9-6-4-5-7-10(9)8-15-13-11(16-2)12-14-15/h3-7H,1,8H2,2H3. The maximum Gasteiger partial charge on any atom is 0.230 e. The van der Waals surface area contributed by atoms with Crippen molar-refractivity contribution >= 4 is 17.8 Å². The van der Waals surface area contributed by atoms with Crippen molar-refractivity contribution in [3.8, 4) is 0 Å². The number of thioether (sulfide) groups is 1. The van der Waals surface area contributed by atoms with E-state index in [1.165, 1.54) is 11.8 Å². The molecule has 0 fully saturated rings. The van der Waals surface area contributed by atoms with Gasteiger partial charge in [0.25, 0.3) is 0 Å². The molecule has 16 heavy (non-hydrogen) atoms. The van der Waals surface area contributed by atoms with Crippen LogP contribution in [0.25, 0.3) is 6.08 Å². The monoisotopic (exact) mass is 232 g/mol. The van der Waals surface area contributed by atoms with E-state index < -0.39 is 0 Å². The van der Waals surface area contributed by atoms with Gasteiger partial charge in [-0.2, -0.15) is 4.80 Å². The van der Waals surface area contributed by atoms with Gasteiger partial charge in [0.1, 0.15) is 0 Å². The summed E-state index contributed by atoms with van der Waals surface area (Å²) < 4.78 is 0. The van der Waals surface area contributed by atoms with Gasteiger partial charge in [-0.15, -0.1) is 10.2 Å². The quantitative estimate of drug-likeness (QED) is 0.757. The van der Waals surface area contributed by atoms with Gasteiger partial charge in [-0.1, -0.05) is 48.7 Å². The molecular weight excluding hydrogens is 220 g/mol. The minimum Gasteiger partial charge on any atom is -0.159 e. The number of tetrazole rings is 1. The highest BCUT2D eigenvalue weighted by Gasteiger charge is 2.03. The minimum absolute atomic E-state index is 0.621. The lowest BCUT2D eigenvalue weighted by Crippen LogP contribution is -2.05. The summed E-state index contributed by atoms with van der Waals surface area (Å²) in [6.45, 7) is 4.41. The van der Waals surface area contributed by atoms with E-state index in [4.69, 9.17) is 0 Å². The van der Waals surface area contributed by atoms with E-state index in [1.807, 2.05) is 36.6 Å². The molecule has 0 bridgehead atoms. The Morgan fingerprint density at radius 1 is 1.44 bits per heavy atom. The Kier molecular flexibility index (Phi) is 3.36. The molecule has 1 aromatic carbocycles. The van der Waals surface area contributed by atoms with Crippen LogP contribution in [0.1, 0.15) is 11.1 Å². The van der Waals surface area contributed by atoms with Crippen LogP contribution in [0.15, 0.2) is 36.0 Å². The van der Waals surface area contributed by atoms with Crippen LogP contribution in [0.2, 0.25) is 0 Å². The Labute approximate surface area is 98.4 Å². The number of benzene rings is 1. The third-order valence-electron chi connectivity index (χ3n) is 2.20. The SMILES string of the molecule is C=Cc1ccccc1Cn1nnc(SC)n1. The second-order valence-corrected chi connectivity index (χ2v) is 3.98. The van der Waals surface area contributed by atoms with Gasteiger partial charge in [0.05, 0.1) is 6.54 Å². The predicted octanol–water partition coefficient (Wildman–Crippen LogP) is 2.09. The van der Waals surface area contributed by atoms with Crippen molar-refractivity contribution in [2.45, 2.75) is 11.7 Å². The first-order valence-electron chi connectivity index (χ1n) is 4.85. The highest BCUT2D eigenvalue weighted by Crippen LogP contribution is 2.11. The largest absolute Gasteiger partial charge is 0.230 e. The number of nitrogens with zero attached hydrogens (tertiary/aromatic N) is 4. The zero-order chi connectivity index (χ0) is 11.4. The molecular formula is C11H12N4S. The van der Waals surface area contributed by atoms with Gasteiger partial charge in [-0.3, -0.25) is 0 Å². The maximum atomic E-state index is 4.22. The van der Waals surface area contributed by atoms with Crippen LogP contribution < -0.4 is 0 Å². The molecule has 0 amide bonds. The van der Waals surface area contributed by atoms with Gasteiger partial charge >= 0.3 is 0 Å². The van der Waals surface area contributed by atoms with Gasteiger partial charge in [0.2, 0.25) is 5.16 Å². The smallest absolute Gasteiger partial charge is 0.159 e. The average molecular weight is 232 g/mol. The average Bonchev–Trinajstić information content (AvgIpc) is 2.77. The lowest BCUT2D eigenvalue weighted by molar-refractivity contribution is 0.568. The van der Waals surface area contributed by atoms with Gasteiger partial charge < -0.3 is 0 Å². The molecule has 0 aliphatic heterocycles. The lowest BCUT2D eigenvalue weighted by atomic mass is 10.1. The van der Waals surface area contributed by atoms with Gasteiger partial charge in [-0.05, 0) is 22.6 Å². The molecule has 0 saturated carbocycles. The second-order valence-electron chi connectivity index (χ2n) is 3.21. The van der Waals surface area contributed by atoms with E-state index in [-0.39, 0.29) is 0 Å². The Hall–Kier alpha value is -1.62. The number of rotatable bonds is 4. The van der Waals surface area contributed by atoms with Crippen molar-refractivity contribution < 1.29 is 0 Å². The summed E-state index contributed by atoms with van der Waals surface area (Å²) in [6, 6.07) is 8.05. The molecule has 0 saturated heterocycles. The molecule has 0 aliphatic carbocycles. The van der Waals surface area contributed by atoms with E-state index >= 15 is 0 Å². The third kappa shape index (κ3) is 2.30. The van der Waals surface area contributed by atoms with Crippen molar-refractivity contribution in [1.82, 2.24) is 20.2 Å². The molecule has 4 nitrogen and oxygen atoms in total. The molecule has 0 N–H and O–H groups in total. The molecule has 1 aromatic heterocycles. The molecule has 0 atom stereocenters. The van der Waals surface area contributed by atoms with Crippen LogP contribution in [-0.4, -0.2) is 26.5 Å². The van der Waals surface area contributed by atoms with E-state index in [0.29, 0.717) is 11.7 Å². The molecule has 1 heterocycles. The Morgan fingerprint density at radius 3 is 2.94 bits per heavy atom. The third-order valence-corrected chi connectivity index (χ3v) is 2.73. The summed E-state index contributed by atoms with van der Waals surface area (Å²) in [6.07, 6.45) is 3.76. The molecule has 0 spiro atoms. The van der Waals surface area contributed by atoms with Gasteiger partial charge in [-0.25, -0.2) is 0 Å². The first kappa shape index (κ1) is 10.9. The summed E-state index contributed by atoms with van der Waals surface area (Å²) >= 11 is 1.48. The fourth-order valence-corrected chi connectivity index (χ4v) is 1.70. The number of aromatic nitrogens is 4. The fourth-order valence-electron chi connectivity index (χ4n) is 1.41. The van der Waals surface area contributed by atoms with Crippen LogP contribution in [-0.2, 0) is 6.54 Å². The van der Waals surface area contributed by atoms with Crippen LogP contribution in [0, 0.1) is 0 Å². The number of hydrogen-bond acceptors (Lipinski definition) is 4. The van der Waals surface area contributed by atoms with Crippen molar-refractivity contribution in [3.05, 3.63) is 42.0 Å². The summed E-state index contributed by atoms with van der Waals surface area (Å²) in [4.78, 5) is 1.59. The van der Waals surface area contributed by atoms with Crippen molar-refractivity contribution in [1.29, 1.82) is 0 Å². The molecule has 2 rings (SSSR count). The van der Waals surface area contributed by atoms with Crippen LogP contribution in [0.5, 0.6) is 0 Å².